The van der Waals surface area contributed by atoms with E-state index < -0.39 is 5.54 Å². The van der Waals surface area contributed by atoms with Crippen LogP contribution in [0.3, 0.4) is 0 Å². The number of hydrogen-bond acceptors (Lipinski definition) is 4. The summed E-state index contributed by atoms with van der Waals surface area (Å²) in [4.78, 5) is 19.5. The molecule has 0 saturated carbocycles. The molecule has 0 bridgehead atoms. The molecular weight excluding hydrogens is 420 g/mol. The van der Waals surface area contributed by atoms with Crippen molar-refractivity contribution in [3.05, 3.63) is 52.6 Å². The maximum atomic E-state index is 12.8. The van der Waals surface area contributed by atoms with Crippen molar-refractivity contribution in [1.29, 1.82) is 0 Å². The normalized spacial score (nSPS) is 18.7. The summed E-state index contributed by atoms with van der Waals surface area (Å²) in [5.41, 5.74) is 1.34. The average Bonchev–Trinajstić information content (AvgIpc) is 3.24. The molecule has 0 spiro atoms. The monoisotopic (exact) mass is 444 g/mol. The molecule has 2 aliphatic rings. The van der Waals surface area contributed by atoms with Crippen molar-refractivity contribution in [3.8, 4) is 0 Å². The van der Waals surface area contributed by atoms with E-state index in [1.54, 1.807) is 6.20 Å². The molecule has 0 atom stereocenters. The topological polar surface area (TPSA) is 66.5 Å². The largest absolute Gasteiger partial charge is 0.381 e. The summed E-state index contributed by atoms with van der Waals surface area (Å²) in [5.74, 6) is 0.971. The number of amides is 2. The predicted octanol–water partition coefficient (Wildman–Crippen LogP) is 4.27. The van der Waals surface area contributed by atoms with Crippen molar-refractivity contribution < 1.29 is 9.53 Å². The first-order valence-electron chi connectivity index (χ1n) is 9.79. The Balaban J connectivity index is 1.46. The fraction of sp³-hybridized carbons (Fsp3) is 0.429. The smallest absolute Gasteiger partial charge is 0.319 e. The highest BCUT2D eigenvalue weighted by atomic mass is 79.9. The van der Waals surface area contributed by atoms with Gasteiger partial charge in [-0.05, 0) is 55.5 Å². The van der Waals surface area contributed by atoms with Crippen molar-refractivity contribution >= 4 is 33.5 Å². The molecule has 2 fully saturated rings. The number of benzene rings is 1. The minimum atomic E-state index is -0.435. The molecule has 2 aliphatic heterocycles. The van der Waals surface area contributed by atoms with Gasteiger partial charge in [0.15, 0.2) is 0 Å². The van der Waals surface area contributed by atoms with E-state index in [1.807, 2.05) is 24.3 Å². The van der Waals surface area contributed by atoms with Crippen molar-refractivity contribution in [1.82, 2.24) is 10.3 Å². The maximum absolute atomic E-state index is 12.8. The average molecular weight is 445 g/mol. The summed E-state index contributed by atoms with van der Waals surface area (Å²) in [6, 6.07) is 11.8. The van der Waals surface area contributed by atoms with E-state index in [0.717, 1.165) is 41.8 Å². The SMILES string of the molecule is O=C(Nc1ccc(N2CCCC2)nc1)NC1(c2cccc(Br)c2)CCOCC1. The van der Waals surface area contributed by atoms with Crippen molar-refractivity contribution in [2.24, 2.45) is 0 Å². The minimum Gasteiger partial charge on any atom is -0.381 e. The Kier molecular flexibility index (Phi) is 5.82. The highest BCUT2D eigenvalue weighted by Gasteiger charge is 2.36. The summed E-state index contributed by atoms with van der Waals surface area (Å²) in [6.07, 6.45) is 5.63. The van der Waals surface area contributed by atoms with Gasteiger partial charge in [0.2, 0.25) is 0 Å². The molecule has 2 N–H and O–H groups in total. The zero-order valence-corrected chi connectivity index (χ0v) is 17.4. The Morgan fingerprint density at radius 3 is 2.61 bits per heavy atom. The molecule has 7 heteroatoms. The van der Waals surface area contributed by atoms with E-state index >= 15 is 0 Å². The molecule has 2 amide bonds. The summed E-state index contributed by atoms with van der Waals surface area (Å²) in [6.45, 7) is 3.35. The maximum Gasteiger partial charge on any atom is 0.319 e. The number of carbonyl (C=O) groups excluding carboxylic acids is 1. The Morgan fingerprint density at radius 1 is 1.14 bits per heavy atom. The summed E-state index contributed by atoms with van der Waals surface area (Å²) < 4.78 is 6.54. The van der Waals surface area contributed by atoms with Gasteiger partial charge in [0, 0.05) is 30.8 Å². The van der Waals surface area contributed by atoms with Crippen LogP contribution in [0, 0.1) is 0 Å². The molecule has 0 unspecified atom stereocenters. The van der Waals surface area contributed by atoms with E-state index in [4.69, 9.17) is 4.74 Å². The number of hydrogen-bond donors (Lipinski definition) is 2. The number of anilines is 2. The van der Waals surface area contributed by atoms with Gasteiger partial charge in [-0.25, -0.2) is 9.78 Å². The van der Waals surface area contributed by atoms with Crippen LogP contribution >= 0.6 is 15.9 Å². The molecule has 1 aromatic heterocycles. The number of halogens is 1. The lowest BCUT2D eigenvalue weighted by atomic mass is 9.83. The third-order valence-electron chi connectivity index (χ3n) is 5.51. The van der Waals surface area contributed by atoms with Gasteiger partial charge < -0.3 is 20.3 Å². The van der Waals surface area contributed by atoms with E-state index in [-0.39, 0.29) is 6.03 Å². The molecule has 0 aliphatic carbocycles. The van der Waals surface area contributed by atoms with Gasteiger partial charge in [-0.3, -0.25) is 0 Å². The second-order valence-electron chi connectivity index (χ2n) is 7.38. The third-order valence-corrected chi connectivity index (χ3v) is 6.01. The number of pyridine rings is 1. The van der Waals surface area contributed by atoms with Crippen LogP contribution in [-0.4, -0.2) is 37.3 Å². The van der Waals surface area contributed by atoms with E-state index in [2.05, 4.69) is 48.6 Å². The number of rotatable bonds is 4. The molecule has 2 saturated heterocycles. The molecule has 1 aromatic carbocycles. The van der Waals surface area contributed by atoms with Crippen LogP contribution in [0.15, 0.2) is 47.1 Å². The highest BCUT2D eigenvalue weighted by Crippen LogP contribution is 2.33. The van der Waals surface area contributed by atoms with Crippen molar-refractivity contribution in [2.45, 2.75) is 31.2 Å². The zero-order chi connectivity index (χ0) is 19.4. The van der Waals surface area contributed by atoms with Crippen LogP contribution < -0.4 is 15.5 Å². The molecule has 6 nitrogen and oxygen atoms in total. The number of carbonyl (C=O) groups is 1. The lowest BCUT2D eigenvalue weighted by Gasteiger charge is -2.38. The van der Waals surface area contributed by atoms with E-state index in [0.29, 0.717) is 18.9 Å². The summed E-state index contributed by atoms with van der Waals surface area (Å²) >= 11 is 3.54. The first kappa shape index (κ1) is 19.2. The van der Waals surface area contributed by atoms with Crippen molar-refractivity contribution in [3.63, 3.8) is 0 Å². The van der Waals surface area contributed by atoms with Crippen LogP contribution in [0.2, 0.25) is 0 Å². The number of nitrogens with zero attached hydrogens (tertiary/aromatic N) is 2. The minimum absolute atomic E-state index is 0.224. The number of urea groups is 1. The molecular formula is C21H25BrN4O2. The van der Waals surface area contributed by atoms with Gasteiger partial charge in [0.25, 0.3) is 0 Å². The summed E-state index contributed by atoms with van der Waals surface area (Å²) in [7, 11) is 0. The molecule has 28 heavy (non-hydrogen) atoms. The first-order chi connectivity index (χ1) is 13.6. The van der Waals surface area contributed by atoms with Gasteiger partial charge in [-0.2, -0.15) is 0 Å². The molecule has 0 radical (unpaired) electrons. The fourth-order valence-corrected chi connectivity index (χ4v) is 4.36. The second-order valence-corrected chi connectivity index (χ2v) is 8.30. The van der Waals surface area contributed by atoms with Crippen LogP contribution in [0.25, 0.3) is 0 Å². The zero-order valence-electron chi connectivity index (χ0n) is 15.8. The Hall–Kier alpha value is -2.12. The van der Waals surface area contributed by atoms with Crippen LogP contribution in [0.5, 0.6) is 0 Å². The van der Waals surface area contributed by atoms with Crippen LogP contribution in [-0.2, 0) is 10.3 Å². The Labute approximate surface area is 173 Å². The van der Waals surface area contributed by atoms with E-state index in [9.17, 15) is 4.79 Å². The van der Waals surface area contributed by atoms with E-state index in [1.165, 1.54) is 12.8 Å². The Morgan fingerprint density at radius 2 is 1.93 bits per heavy atom. The molecule has 4 rings (SSSR count). The molecule has 3 heterocycles. The third kappa shape index (κ3) is 4.31. The van der Waals surface area contributed by atoms with Gasteiger partial charge in [0.05, 0.1) is 17.4 Å². The van der Waals surface area contributed by atoms with Crippen molar-refractivity contribution in [2.75, 3.05) is 36.5 Å². The summed E-state index contributed by atoms with van der Waals surface area (Å²) in [5, 5.41) is 6.14. The highest BCUT2D eigenvalue weighted by molar-refractivity contribution is 9.10. The van der Waals surface area contributed by atoms with Gasteiger partial charge in [-0.1, -0.05) is 28.1 Å². The van der Waals surface area contributed by atoms with Crippen LogP contribution in [0.4, 0.5) is 16.3 Å². The fourth-order valence-electron chi connectivity index (χ4n) is 3.96. The lowest BCUT2D eigenvalue weighted by Crippen LogP contribution is -2.50. The Bertz CT molecular complexity index is 815. The quantitative estimate of drug-likeness (QED) is 0.738. The predicted molar refractivity (Wildman–Crippen MR) is 114 cm³/mol. The second kappa shape index (κ2) is 8.49. The number of nitrogens with one attached hydrogen (secondary N) is 2. The van der Waals surface area contributed by atoms with Crippen LogP contribution in [0.1, 0.15) is 31.2 Å². The number of ether oxygens (including phenoxy) is 1. The van der Waals surface area contributed by atoms with Gasteiger partial charge >= 0.3 is 6.03 Å². The first-order valence-corrected chi connectivity index (χ1v) is 10.6. The van der Waals surface area contributed by atoms with Gasteiger partial charge in [-0.15, -0.1) is 0 Å². The molecule has 2 aromatic rings. The number of aromatic nitrogens is 1. The lowest BCUT2D eigenvalue weighted by molar-refractivity contribution is 0.0418. The van der Waals surface area contributed by atoms with Gasteiger partial charge in [0.1, 0.15) is 5.82 Å². The standard InChI is InChI=1S/C21H25BrN4O2/c22-17-5-3-4-16(14-17)21(8-12-28-13-9-21)25-20(27)24-18-6-7-19(23-15-18)26-10-1-2-11-26/h3-7,14-15H,1-2,8-13H2,(H2,24,25,27). The molecule has 148 valence electrons.